The van der Waals surface area contributed by atoms with Gasteiger partial charge in [-0.1, -0.05) is 19.4 Å². The number of nitro groups is 1. The van der Waals surface area contributed by atoms with Gasteiger partial charge in [0.15, 0.2) is 0 Å². The Morgan fingerprint density at radius 2 is 2.10 bits per heavy atom. The molecule has 1 atom stereocenters. The molecule has 0 spiro atoms. The van der Waals surface area contributed by atoms with E-state index >= 15 is 0 Å². The van der Waals surface area contributed by atoms with Crippen LogP contribution in [0.2, 0.25) is 0 Å². The molecular weight excluding hydrogens is 300 g/mol. The molecule has 8 nitrogen and oxygen atoms in total. The Kier molecular flexibility index (Phi) is 5.02. The predicted molar refractivity (Wildman–Crippen MR) is 74.4 cm³/mol. The van der Waals surface area contributed by atoms with Crippen molar-refractivity contribution in [2.24, 2.45) is 0 Å². The van der Waals surface area contributed by atoms with Crippen molar-refractivity contribution in [3.8, 4) is 0 Å². The maximum absolute atomic E-state index is 12.2. The molecule has 0 aliphatic heterocycles. The monoisotopic (exact) mass is 316 g/mol. The Balaban J connectivity index is 3.19. The van der Waals surface area contributed by atoms with Gasteiger partial charge in [-0.2, -0.15) is 4.72 Å². The van der Waals surface area contributed by atoms with Crippen molar-refractivity contribution in [2.75, 3.05) is 0 Å². The molecule has 0 aliphatic carbocycles. The summed E-state index contributed by atoms with van der Waals surface area (Å²) in [5, 5.41) is 19.9. The van der Waals surface area contributed by atoms with Crippen molar-refractivity contribution < 1.29 is 23.2 Å². The number of carboxylic acid groups (broad SMARTS) is 1. The number of hydrogen-bond acceptors (Lipinski definition) is 5. The van der Waals surface area contributed by atoms with Gasteiger partial charge < -0.3 is 5.11 Å². The van der Waals surface area contributed by atoms with Crippen molar-refractivity contribution in [3.63, 3.8) is 0 Å². The predicted octanol–water partition coefficient (Wildman–Crippen LogP) is 1.52. The smallest absolute Gasteiger partial charge is 0.324 e. The normalized spacial score (nSPS) is 14.4. The molecule has 21 heavy (non-hydrogen) atoms. The minimum absolute atomic E-state index is 0.0937. The Bertz CT molecular complexity index is 657. The Morgan fingerprint density at radius 1 is 1.48 bits per heavy atom. The topological polar surface area (TPSA) is 127 Å². The lowest BCUT2D eigenvalue weighted by molar-refractivity contribution is -0.385. The Morgan fingerprint density at radius 3 is 2.57 bits per heavy atom. The number of sulfonamides is 1. The molecule has 9 heteroatoms. The maximum Gasteiger partial charge on any atom is 0.324 e. The fourth-order valence-electron chi connectivity index (χ4n) is 1.82. The number of nitrogens with one attached hydrogen (secondary N) is 1. The minimum atomic E-state index is -4.18. The lowest BCUT2D eigenvalue weighted by Crippen LogP contribution is -2.51. The van der Waals surface area contributed by atoms with Crippen LogP contribution < -0.4 is 4.72 Å². The molecule has 0 aromatic heterocycles. The van der Waals surface area contributed by atoms with Gasteiger partial charge in [-0.3, -0.25) is 14.9 Å². The van der Waals surface area contributed by atoms with Crippen molar-refractivity contribution >= 4 is 21.7 Å². The standard InChI is InChI=1S/C12H16N2O6S/c1-3-7-12(2,11(15)16)13-21(19,20)10-6-4-5-9(8-10)14(17)18/h4-6,8,13H,3,7H2,1-2H3,(H,15,16). The number of nitro benzene ring substituents is 1. The van der Waals surface area contributed by atoms with Gasteiger partial charge in [0.1, 0.15) is 5.54 Å². The van der Waals surface area contributed by atoms with Crippen molar-refractivity contribution in [3.05, 3.63) is 34.4 Å². The summed E-state index contributed by atoms with van der Waals surface area (Å²) in [6.45, 7) is 2.98. The van der Waals surface area contributed by atoms with E-state index in [9.17, 15) is 28.4 Å². The lowest BCUT2D eigenvalue weighted by Gasteiger charge is -2.25. The first-order chi connectivity index (χ1) is 9.62. The van der Waals surface area contributed by atoms with Gasteiger partial charge in [-0.25, -0.2) is 8.42 Å². The number of carbonyl (C=O) groups is 1. The summed E-state index contributed by atoms with van der Waals surface area (Å²) in [6, 6.07) is 4.44. The van der Waals surface area contributed by atoms with Gasteiger partial charge in [0, 0.05) is 12.1 Å². The van der Waals surface area contributed by atoms with Crippen molar-refractivity contribution in [1.82, 2.24) is 4.72 Å². The van der Waals surface area contributed by atoms with Gasteiger partial charge in [0.05, 0.1) is 9.82 Å². The number of hydrogen-bond donors (Lipinski definition) is 2. The second-order valence-corrected chi connectivity index (χ2v) is 6.43. The van der Waals surface area contributed by atoms with Crippen LogP contribution in [0.15, 0.2) is 29.2 Å². The quantitative estimate of drug-likeness (QED) is 0.580. The largest absolute Gasteiger partial charge is 0.480 e. The van der Waals surface area contributed by atoms with E-state index in [1.165, 1.54) is 19.1 Å². The number of aliphatic carboxylic acids is 1. The van der Waals surface area contributed by atoms with E-state index in [2.05, 4.69) is 4.72 Å². The van der Waals surface area contributed by atoms with Crippen molar-refractivity contribution in [1.29, 1.82) is 0 Å². The number of benzene rings is 1. The second-order valence-electron chi connectivity index (χ2n) is 4.75. The minimum Gasteiger partial charge on any atom is -0.480 e. The molecule has 1 aromatic rings. The molecule has 0 saturated heterocycles. The third-order valence-electron chi connectivity index (χ3n) is 2.92. The number of nitrogens with zero attached hydrogens (tertiary/aromatic N) is 1. The van der Waals surface area contributed by atoms with E-state index in [0.29, 0.717) is 6.42 Å². The molecule has 0 fully saturated rings. The molecule has 1 rings (SSSR count). The van der Waals surface area contributed by atoms with Crippen LogP contribution >= 0.6 is 0 Å². The Labute approximate surface area is 122 Å². The zero-order chi connectivity index (χ0) is 16.3. The van der Waals surface area contributed by atoms with Crippen LogP contribution in [0.4, 0.5) is 5.69 Å². The van der Waals surface area contributed by atoms with Gasteiger partial charge >= 0.3 is 5.97 Å². The van der Waals surface area contributed by atoms with E-state index < -0.39 is 26.5 Å². The van der Waals surface area contributed by atoms with E-state index in [4.69, 9.17) is 0 Å². The highest BCUT2D eigenvalue weighted by Gasteiger charge is 2.37. The summed E-state index contributed by atoms with van der Waals surface area (Å²) in [4.78, 5) is 20.9. The van der Waals surface area contributed by atoms with E-state index in [1.807, 2.05) is 0 Å². The second kappa shape index (κ2) is 6.19. The summed E-state index contributed by atoms with van der Waals surface area (Å²) >= 11 is 0. The molecule has 0 radical (unpaired) electrons. The first-order valence-corrected chi connectivity index (χ1v) is 7.62. The summed E-state index contributed by atoms with van der Waals surface area (Å²) < 4.78 is 26.5. The van der Waals surface area contributed by atoms with Crippen LogP contribution in [-0.4, -0.2) is 30.0 Å². The third kappa shape index (κ3) is 3.99. The highest BCUT2D eigenvalue weighted by atomic mass is 32.2. The van der Waals surface area contributed by atoms with Crippen LogP contribution in [0.3, 0.4) is 0 Å². The van der Waals surface area contributed by atoms with Crippen LogP contribution in [0.25, 0.3) is 0 Å². The summed E-state index contributed by atoms with van der Waals surface area (Å²) in [7, 11) is -4.18. The third-order valence-corrected chi connectivity index (χ3v) is 4.51. The zero-order valence-corrected chi connectivity index (χ0v) is 12.4. The van der Waals surface area contributed by atoms with E-state index in [0.717, 1.165) is 12.1 Å². The lowest BCUT2D eigenvalue weighted by atomic mass is 9.98. The fourth-order valence-corrected chi connectivity index (χ4v) is 3.26. The highest BCUT2D eigenvalue weighted by Crippen LogP contribution is 2.21. The molecular formula is C12H16N2O6S. The molecule has 2 N–H and O–H groups in total. The van der Waals surface area contributed by atoms with E-state index in [1.54, 1.807) is 6.92 Å². The first kappa shape index (κ1) is 17.1. The average molecular weight is 316 g/mol. The first-order valence-electron chi connectivity index (χ1n) is 6.14. The number of non-ortho nitro benzene ring substituents is 1. The molecule has 116 valence electrons. The molecule has 0 bridgehead atoms. The zero-order valence-electron chi connectivity index (χ0n) is 11.6. The van der Waals surface area contributed by atoms with Crippen LogP contribution in [0.1, 0.15) is 26.7 Å². The summed E-state index contributed by atoms with van der Waals surface area (Å²) in [5.74, 6) is -1.31. The number of carboxylic acids is 1. The molecule has 0 saturated carbocycles. The van der Waals surface area contributed by atoms with Crippen molar-refractivity contribution in [2.45, 2.75) is 37.1 Å². The summed E-state index contributed by atoms with van der Waals surface area (Å²) in [5.41, 5.74) is -2.05. The van der Waals surface area contributed by atoms with Gasteiger partial charge in [-0.15, -0.1) is 0 Å². The number of rotatable bonds is 7. The molecule has 1 unspecified atom stereocenters. The van der Waals surface area contributed by atoms with Gasteiger partial charge in [0.25, 0.3) is 5.69 Å². The van der Waals surface area contributed by atoms with Crippen LogP contribution in [-0.2, 0) is 14.8 Å². The molecule has 1 aromatic carbocycles. The molecule has 0 heterocycles. The molecule has 0 aliphatic rings. The summed E-state index contributed by atoms with van der Waals surface area (Å²) in [6.07, 6.45) is 0.552. The van der Waals surface area contributed by atoms with Gasteiger partial charge in [-0.05, 0) is 19.4 Å². The van der Waals surface area contributed by atoms with Gasteiger partial charge in [0.2, 0.25) is 10.0 Å². The highest BCUT2D eigenvalue weighted by molar-refractivity contribution is 7.89. The Hall–Kier alpha value is -2.00. The van der Waals surface area contributed by atoms with Crippen LogP contribution in [0.5, 0.6) is 0 Å². The SMILES string of the molecule is CCCC(C)(NS(=O)(=O)c1cccc([N+](=O)[O-])c1)C(=O)O. The average Bonchev–Trinajstić information content (AvgIpc) is 2.38. The van der Waals surface area contributed by atoms with Crippen LogP contribution in [0, 0.1) is 10.1 Å². The maximum atomic E-state index is 12.2. The molecule has 0 amide bonds. The van der Waals surface area contributed by atoms with E-state index in [-0.39, 0.29) is 17.0 Å². The fraction of sp³-hybridized carbons (Fsp3) is 0.417.